The van der Waals surface area contributed by atoms with Crippen LogP contribution in [0.5, 0.6) is 0 Å². The lowest BCUT2D eigenvalue weighted by Crippen LogP contribution is -2.31. The molecule has 3 unspecified atom stereocenters. The topological polar surface area (TPSA) is 69.4 Å². The van der Waals surface area contributed by atoms with E-state index in [1.807, 2.05) is 14.0 Å². The SMILES string of the molecule is CCOC(c1noc(C2COCC2NC)n1)C(C)C. The van der Waals surface area contributed by atoms with Crippen LogP contribution in [-0.4, -0.2) is 43.1 Å². The van der Waals surface area contributed by atoms with Crippen molar-refractivity contribution in [1.82, 2.24) is 15.5 Å². The van der Waals surface area contributed by atoms with E-state index in [1.165, 1.54) is 0 Å². The van der Waals surface area contributed by atoms with E-state index < -0.39 is 0 Å². The molecule has 1 aliphatic heterocycles. The van der Waals surface area contributed by atoms with Crippen molar-refractivity contribution in [2.75, 3.05) is 26.9 Å². The average molecular weight is 269 g/mol. The Morgan fingerprint density at radius 1 is 1.42 bits per heavy atom. The fourth-order valence-corrected chi connectivity index (χ4v) is 2.34. The van der Waals surface area contributed by atoms with Crippen LogP contribution in [0.2, 0.25) is 0 Å². The molecule has 0 radical (unpaired) electrons. The highest BCUT2D eigenvalue weighted by Gasteiger charge is 2.34. The van der Waals surface area contributed by atoms with E-state index in [-0.39, 0.29) is 18.1 Å². The Morgan fingerprint density at radius 2 is 2.21 bits per heavy atom. The number of ether oxygens (including phenoxy) is 2. The molecule has 0 aromatic carbocycles. The second-order valence-electron chi connectivity index (χ2n) is 5.15. The number of nitrogens with one attached hydrogen (secondary N) is 1. The summed E-state index contributed by atoms with van der Waals surface area (Å²) < 4.78 is 16.5. The molecule has 1 N–H and O–H groups in total. The van der Waals surface area contributed by atoms with Crippen molar-refractivity contribution in [3.05, 3.63) is 11.7 Å². The lowest BCUT2D eigenvalue weighted by atomic mass is 10.0. The van der Waals surface area contributed by atoms with Crippen LogP contribution in [0.3, 0.4) is 0 Å². The van der Waals surface area contributed by atoms with Gasteiger partial charge in [0, 0.05) is 12.6 Å². The van der Waals surface area contributed by atoms with Crippen LogP contribution in [0.1, 0.15) is 44.5 Å². The first-order chi connectivity index (χ1) is 9.17. The van der Waals surface area contributed by atoms with E-state index in [9.17, 15) is 0 Å². The number of hydrogen-bond acceptors (Lipinski definition) is 6. The zero-order chi connectivity index (χ0) is 13.8. The molecule has 0 spiro atoms. The predicted molar refractivity (Wildman–Crippen MR) is 69.9 cm³/mol. The largest absolute Gasteiger partial charge is 0.379 e. The van der Waals surface area contributed by atoms with Gasteiger partial charge in [-0.05, 0) is 19.9 Å². The average Bonchev–Trinajstić information content (AvgIpc) is 3.03. The highest BCUT2D eigenvalue weighted by atomic mass is 16.5. The van der Waals surface area contributed by atoms with Crippen molar-refractivity contribution in [3.8, 4) is 0 Å². The standard InChI is InChI=1S/C13H23N3O3/c1-5-18-11(8(2)3)12-15-13(19-16-12)9-6-17-7-10(9)14-4/h8-11,14H,5-7H2,1-4H3. The maximum Gasteiger partial charge on any atom is 0.233 e. The number of nitrogens with zero attached hydrogens (tertiary/aromatic N) is 2. The smallest absolute Gasteiger partial charge is 0.233 e. The molecule has 19 heavy (non-hydrogen) atoms. The molecule has 108 valence electrons. The van der Waals surface area contributed by atoms with Crippen LogP contribution in [0.15, 0.2) is 4.52 Å². The van der Waals surface area contributed by atoms with E-state index in [1.54, 1.807) is 0 Å². The van der Waals surface area contributed by atoms with Gasteiger partial charge < -0.3 is 19.3 Å². The summed E-state index contributed by atoms with van der Waals surface area (Å²) in [6.45, 7) is 8.08. The fraction of sp³-hybridized carbons (Fsp3) is 0.846. The molecule has 1 aromatic rings. The Balaban J connectivity index is 2.13. The quantitative estimate of drug-likeness (QED) is 0.844. The van der Waals surface area contributed by atoms with Gasteiger partial charge in [0.15, 0.2) is 0 Å². The van der Waals surface area contributed by atoms with Gasteiger partial charge in [-0.2, -0.15) is 4.98 Å². The summed E-state index contributed by atoms with van der Waals surface area (Å²) in [4.78, 5) is 4.51. The molecule has 0 aliphatic carbocycles. The van der Waals surface area contributed by atoms with E-state index in [0.717, 1.165) is 0 Å². The zero-order valence-electron chi connectivity index (χ0n) is 12.0. The first-order valence-electron chi connectivity index (χ1n) is 6.87. The summed E-state index contributed by atoms with van der Waals surface area (Å²) in [6, 6.07) is 0.234. The van der Waals surface area contributed by atoms with E-state index in [0.29, 0.717) is 37.5 Å². The Morgan fingerprint density at radius 3 is 2.84 bits per heavy atom. The monoisotopic (exact) mass is 269 g/mol. The Hall–Kier alpha value is -0.980. The van der Waals surface area contributed by atoms with Gasteiger partial charge in [0.25, 0.3) is 0 Å². The molecule has 1 saturated heterocycles. The molecule has 0 amide bonds. The van der Waals surface area contributed by atoms with Gasteiger partial charge in [0.05, 0.1) is 19.1 Å². The molecule has 2 heterocycles. The number of likely N-dealkylation sites (N-methyl/N-ethyl adjacent to an activating group) is 1. The van der Waals surface area contributed by atoms with Gasteiger partial charge in [-0.25, -0.2) is 0 Å². The minimum absolute atomic E-state index is 0.113. The lowest BCUT2D eigenvalue weighted by Gasteiger charge is -2.16. The van der Waals surface area contributed by atoms with Crippen molar-refractivity contribution in [1.29, 1.82) is 0 Å². The van der Waals surface area contributed by atoms with Crippen molar-refractivity contribution in [2.24, 2.45) is 5.92 Å². The van der Waals surface area contributed by atoms with Crippen molar-refractivity contribution in [2.45, 2.75) is 38.8 Å². The van der Waals surface area contributed by atoms with E-state index in [4.69, 9.17) is 14.0 Å². The molecular weight excluding hydrogens is 246 g/mol. The maximum absolute atomic E-state index is 5.69. The summed E-state index contributed by atoms with van der Waals surface area (Å²) in [7, 11) is 1.92. The number of hydrogen-bond donors (Lipinski definition) is 1. The molecule has 1 fully saturated rings. The van der Waals surface area contributed by atoms with Crippen molar-refractivity contribution >= 4 is 0 Å². The summed E-state index contributed by atoms with van der Waals surface area (Å²) in [6.07, 6.45) is -0.113. The highest BCUT2D eigenvalue weighted by Crippen LogP contribution is 2.28. The highest BCUT2D eigenvalue weighted by molar-refractivity contribution is 5.03. The first kappa shape index (κ1) is 14.4. The molecule has 2 rings (SSSR count). The molecule has 1 aliphatic rings. The van der Waals surface area contributed by atoms with Crippen LogP contribution in [0, 0.1) is 5.92 Å². The molecule has 6 heteroatoms. The van der Waals surface area contributed by atoms with Crippen LogP contribution < -0.4 is 5.32 Å². The van der Waals surface area contributed by atoms with Crippen molar-refractivity contribution in [3.63, 3.8) is 0 Å². The third-order valence-electron chi connectivity index (χ3n) is 3.43. The van der Waals surface area contributed by atoms with Crippen LogP contribution in [0.25, 0.3) is 0 Å². The van der Waals surface area contributed by atoms with Crippen LogP contribution >= 0.6 is 0 Å². The summed E-state index contributed by atoms with van der Waals surface area (Å²) in [5.41, 5.74) is 0. The number of rotatable bonds is 6. The Kier molecular flexibility index (Phi) is 4.90. The summed E-state index contributed by atoms with van der Waals surface area (Å²) >= 11 is 0. The molecule has 0 saturated carbocycles. The normalized spacial score (nSPS) is 25.1. The van der Waals surface area contributed by atoms with E-state index in [2.05, 4.69) is 29.3 Å². The zero-order valence-corrected chi connectivity index (χ0v) is 12.0. The van der Waals surface area contributed by atoms with Gasteiger partial charge in [-0.15, -0.1) is 0 Å². The van der Waals surface area contributed by atoms with Gasteiger partial charge in [0.2, 0.25) is 11.7 Å². The predicted octanol–water partition coefficient (Wildman–Crippen LogP) is 1.50. The summed E-state index contributed by atoms with van der Waals surface area (Å²) in [5.74, 6) is 1.71. The lowest BCUT2D eigenvalue weighted by molar-refractivity contribution is 0.0217. The minimum atomic E-state index is -0.113. The molecule has 3 atom stereocenters. The van der Waals surface area contributed by atoms with Crippen LogP contribution in [0.4, 0.5) is 0 Å². The van der Waals surface area contributed by atoms with Crippen LogP contribution in [-0.2, 0) is 9.47 Å². The van der Waals surface area contributed by atoms with Gasteiger partial charge >= 0.3 is 0 Å². The van der Waals surface area contributed by atoms with Gasteiger partial charge in [0.1, 0.15) is 6.10 Å². The molecule has 6 nitrogen and oxygen atoms in total. The number of aromatic nitrogens is 2. The second kappa shape index (κ2) is 6.45. The van der Waals surface area contributed by atoms with Crippen molar-refractivity contribution < 1.29 is 14.0 Å². The minimum Gasteiger partial charge on any atom is -0.379 e. The van der Waals surface area contributed by atoms with Gasteiger partial charge in [-0.3, -0.25) is 0 Å². The fourth-order valence-electron chi connectivity index (χ4n) is 2.34. The summed E-state index contributed by atoms with van der Waals surface area (Å²) in [5, 5.41) is 7.29. The Labute approximate surface area is 113 Å². The molecular formula is C13H23N3O3. The molecule has 0 bridgehead atoms. The van der Waals surface area contributed by atoms with E-state index >= 15 is 0 Å². The third-order valence-corrected chi connectivity index (χ3v) is 3.43. The maximum atomic E-state index is 5.69. The second-order valence-corrected chi connectivity index (χ2v) is 5.15. The first-order valence-corrected chi connectivity index (χ1v) is 6.87. The molecule has 1 aromatic heterocycles. The third kappa shape index (κ3) is 3.13. The van der Waals surface area contributed by atoms with Gasteiger partial charge in [-0.1, -0.05) is 19.0 Å². The Bertz CT molecular complexity index is 378.